The molecule has 0 bridgehead atoms. The summed E-state index contributed by atoms with van der Waals surface area (Å²) in [6.07, 6.45) is 8.64. The third kappa shape index (κ3) is 12.2. The number of ether oxygens (including phenoxy) is 2. The lowest BCUT2D eigenvalue weighted by atomic mass is 10.1. The zero-order valence-electron chi connectivity index (χ0n) is 38.6. The van der Waals surface area contributed by atoms with Crippen molar-refractivity contribution in [2.24, 2.45) is 11.5 Å². The van der Waals surface area contributed by atoms with Gasteiger partial charge in [-0.15, -0.1) is 0 Å². The van der Waals surface area contributed by atoms with Gasteiger partial charge in [0.15, 0.2) is 17.2 Å². The van der Waals surface area contributed by atoms with E-state index in [1.165, 1.54) is 31.2 Å². The molecule has 8 rings (SSSR count). The SMILES string of the molecule is C=CC(=O)Cl.C=CC(=O)N1CCC[C@H]1c1nc(-c2ccc(C(=O)Nc3cc(OC)ccn3)cc2)c(C(N)=O)n1N.COc1ccnc(NC(=O)c2ccc(-c3nc([C@@H]4CCCN4)n(N)c3C(N)=O)cc2)c1. The minimum Gasteiger partial charge on any atom is -0.497 e. The van der Waals surface area contributed by atoms with Gasteiger partial charge in [0.2, 0.25) is 11.1 Å². The molecule has 23 heteroatoms. The van der Waals surface area contributed by atoms with Crippen LogP contribution in [0, 0.1) is 0 Å². The molecule has 2 aromatic carbocycles. The normalized spacial score (nSPS) is 14.7. The summed E-state index contributed by atoms with van der Waals surface area (Å²) in [6.45, 7) is 8.03. The molecule has 5 amide bonds. The summed E-state index contributed by atoms with van der Waals surface area (Å²) in [5.74, 6) is 12.8. The van der Waals surface area contributed by atoms with Crippen LogP contribution in [0.3, 0.4) is 0 Å². The number of methoxy groups -OCH3 is 2. The number of rotatable bonds is 14. The molecule has 2 saturated heterocycles. The molecule has 2 fully saturated rings. The highest BCUT2D eigenvalue weighted by Crippen LogP contribution is 2.35. The molecular weight excluding hydrogens is 936 g/mol. The number of anilines is 2. The second kappa shape index (κ2) is 23.4. The Morgan fingerprint density at radius 1 is 0.704 bits per heavy atom. The number of pyridine rings is 2. The van der Waals surface area contributed by atoms with Gasteiger partial charge in [0.1, 0.15) is 40.3 Å². The van der Waals surface area contributed by atoms with Gasteiger partial charge in [0, 0.05) is 53.3 Å². The number of carbonyl (C=O) groups is 6. The lowest BCUT2D eigenvalue weighted by Crippen LogP contribution is -2.32. The monoisotopic (exact) mass is 986 g/mol. The van der Waals surface area contributed by atoms with Crippen molar-refractivity contribution in [3.8, 4) is 34.0 Å². The largest absolute Gasteiger partial charge is 0.497 e. The topological polar surface area (TPSA) is 326 Å². The number of nitrogens with zero attached hydrogens (tertiary/aromatic N) is 7. The molecule has 6 heterocycles. The average molecular weight is 987 g/mol. The second-order valence-corrected chi connectivity index (χ2v) is 16.0. The highest BCUT2D eigenvalue weighted by molar-refractivity contribution is 6.66. The summed E-state index contributed by atoms with van der Waals surface area (Å²) >= 11 is 4.71. The smallest absolute Gasteiger partial charge is 0.269 e. The van der Waals surface area contributed by atoms with Crippen LogP contribution in [0.1, 0.15) is 91.1 Å². The van der Waals surface area contributed by atoms with Crippen molar-refractivity contribution in [3.05, 3.63) is 145 Å². The zero-order valence-corrected chi connectivity index (χ0v) is 39.4. The Kier molecular flexibility index (Phi) is 17.0. The Hall–Kier alpha value is -8.89. The van der Waals surface area contributed by atoms with Crippen LogP contribution in [0.5, 0.6) is 11.5 Å². The highest BCUT2D eigenvalue weighted by atomic mass is 35.5. The fourth-order valence-electron chi connectivity index (χ4n) is 7.72. The molecule has 2 aliphatic heterocycles. The number of hydrogen-bond acceptors (Lipinski definition) is 15. The molecule has 6 aromatic rings. The molecule has 0 spiro atoms. The van der Waals surface area contributed by atoms with Gasteiger partial charge in [-0.05, 0) is 92.4 Å². The Morgan fingerprint density at radius 2 is 1.17 bits per heavy atom. The van der Waals surface area contributed by atoms with Crippen molar-refractivity contribution in [2.45, 2.75) is 37.8 Å². The summed E-state index contributed by atoms with van der Waals surface area (Å²) in [7, 11) is 3.06. The molecule has 0 unspecified atom stereocenters. The maximum Gasteiger partial charge on any atom is 0.269 e. The fraction of sp³-hybridized carbons (Fsp3) is 0.208. The molecule has 2 aliphatic rings. The molecule has 11 N–H and O–H groups in total. The summed E-state index contributed by atoms with van der Waals surface area (Å²) in [4.78, 5) is 90.2. The molecule has 22 nitrogen and oxygen atoms in total. The van der Waals surface area contributed by atoms with Crippen molar-refractivity contribution in [1.29, 1.82) is 0 Å². The first kappa shape index (κ1) is 51.5. The van der Waals surface area contributed by atoms with E-state index in [4.69, 9.17) is 44.2 Å². The first-order valence-corrected chi connectivity index (χ1v) is 22.1. The second-order valence-electron chi connectivity index (χ2n) is 15.6. The summed E-state index contributed by atoms with van der Waals surface area (Å²) in [5, 5.41) is 8.23. The number of nitrogens with one attached hydrogen (secondary N) is 3. The molecule has 0 aliphatic carbocycles. The standard InChI is InChI=1S/C24H25N7O4.C21H23N7O3.C3H3ClO/c1-3-19(32)30-12-4-5-17(30)23-29-20(21(22(25)33)31(23)26)14-6-8-15(9-7-14)24(34)28-18-13-16(35-2)10-11-27-18;1-31-14-8-10-25-16(11-14)26-21(30)13-6-4-12(5-7-13)17-18(19(22)29)28(23)20(27-17)15-3-2-9-24-15;1-2-3(4)5/h3,6-11,13,17H,1,4-5,12,26H2,2H3,(H2,25,33)(H,27,28,34);4-8,10-11,15,24H,2-3,9,23H2,1H3,(H2,22,29)(H,25,26,30);2H,1H2/t17-;15-;/m00./s1. The number of carbonyl (C=O) groups excluding carboxylic acids is 6. The van der Waals surface area contributed by atoms with Crippen LogP contribution in [0.2, 0.25) is 0 Å². The lowest BCUT2D eigenvalue weighted by Gasteiger charge is -2.22. The molecular formula is C48H51ClN14O8. The lowest BCUT2D eigenvalue weighted by molar-refractivity contribution is -0.127. The van der Waals surface area contributed by atoms with Crippen LogP contribution < -0.4 is 48.6 Å². The number of nitrogens with two attached hydrogens (primary N) is 4. The first-order chi connectivity index (χ1) is 34.1. The number of allylic oxidation sites excluding steroid dienone is 1. The minimum absolute atomic E-state index is 0.00989. The third-order valence-electron chi connectivity index (χ3n) is 11.1. The van der Waals surface area contributed by atoms with E-state index in [0.717, 1.165) is 36.6 Å². The van der Waals surface area contributed by atoms with Gasteiger partial charge < -0.3 is 53.5 Å². The molecule has 0 saturated carbocycles. The first-order valence-electron chi connectivity index (χ1n) is 21.8. The van der Waals surface area contributed by atoms with E-state index in [1.807, 2.05) is 0 Å². The van der Waals surface area contributed by atoms with Crippen molar-refractivity contribution in [1.82, 2.24) is 39.5 Å². The van der Waals surface area contributed by atoms with Crippen molar-refractivity contribution in [3.63, 3.8) is 0 Å². The van der Waals surface area contributed by atoms with E-state index in [2.05, 4.69) is 49.0 Å². The van der Waals surface area contributed by atoms with Crippen LogP contribution in [-0.2, 0) is 9.59 Å². The summed E-state index contributed by atoms with van der Waals surface area (Å²) < 4.78 is 12.7. The molecule has 4 aromatic heterocycles. The van der Waals surface area contributed by atoms with Gasteiger partial charge >= 0.3 is 0 Å². The van der Waals surface area contributed by atoms with E-state index in [9.17, 15) is 28.8 Å². The minimum atomic E-state index is -0.758. The number of nitrogen functional groups attached to an aromatic ring is 2. The Labute approximate surface area is 412 Å². The maximum atomic E-state index is 12.6. The summed E-state index contributed by atoms with van der Waals surface area (Å²) in [6, 6.07) is 19.3. The van der Waals surface area contributed by atoms with E-state index < -0.39 is 23.1 Å². The van der Waals surface area contributed by atoms with Gasteiger partial charge in [-0.1, -0.05) is 37.4 Å². The predicted octanol–water partition coefficient (Wildman–Crippen LogP) is 4.25. The molecule has 0 radical (unpaired) electrons. The van der Waals surface area contributed by atoms with E-state index in [1.54, 1.807) is 83.9 Å². The Bertz CT molecular complexity index is 2970. The van der Waals surface area contributed by atoms with E-state index in [0.29, 0.717) is 75.7 Å². The van der Waals surface area contributed by atoms with Gasteiger partial charge in [-0.25, -0.2) is 29.3 Å². The molecule has 2 atom stereocenters. The molecule has 368 valence electrons. The number of benzene rings is 2. The fourth-order valence-corrected chi connectivity index (χ4v) is 7.72. The van der Waals surface area contributed by atoms with Gasteiger partial charge in [-0.2, -0.15) is 0 Å². The average Bonchev–Trinajstić information content (AvgIpc) is 4.21. The van der Waals surface area contributed by atoms with Crippen LogP contribution >= 0.6 is 11.6 Å². The number of amides is 5. The highest BCUT2D eigenvalue weighted by Gasteiger charge is 2.35. The van der Waals surface area contributed by atoms with Crippen molar-refractivity contribution >= 4 is 58.0 Å². The van der Waals surface area contributed by atoms with Crippen LogP contribution in [-0.4, -0.2) is 96.3 Å². The van der Waals surface area contributed by atoms with Crippen molar-refractivity contribution < 1.29 is 38.2 Å². The van der Waals surface area contributed by atoms with Crippen LogP contribution in [0.25, 0.3) is 22.5 Å². The van der Waals surface area contributed by atoms with Gasteiger partial charge in [0.05, 0.1) is 26.3 Å². The van der Waals surface area contributed by atoms with Crippen LogP contribution in [0.4, 0.5) is 11.6 Å². The summed E-state index contributed by atoms with van der Waals surface area (Å²) in [5.41, 5.74) is 13.9. The number of aromatic nitrogens is 6. The third-order valence-corrected chi connectivity index (χ3v) is 11.3. The quantitative estimate of drug-likeness (QED) is 0.0456. The van der Waals surface area contributed by atoms with E-state index in [-0.39, 0.29) is 40.8 Å². The predicted molar refractivity (Wildman–Crippen MR) is 265 cm³/mol. The number of primary amides is 2. The van der Waals surface area contributed by atoms with Crippen LogP contribution in [0.15, 0.2) is 111 Å². The zero-order chi connectivity index (χ0) is 51.4. The number of imidazole rings is 2. The van der Waals surface area contributed by atoms with Gasteiger partial charge in [0.25, 0.3) is 23.6 Å². The van der Waals surface area contributed by atoms with Crippen molar-refractivity contribution in [2.75, 3.05) is 49.6 Å². The molecule has 71 heavy (non-hydrogen) atoms. The number of hydrogen-bond donors (Lipinski definition) is 7. The van der Waals surface area contributed by atoms with Gasteiger partial charge in [-0.3, -0.25) is 28.8 Å². The Balaban J connectivity index is 0.000000213. The Morgan fingerprint density at radius 3 is 1.58 bits per heavy atom. The number of likely N-dealkylation sites (tertiary alicyclic amines) is 1. The maximum absolute atomic E-state index is 12.6. The number of halogens is 1. The van der Waals surface area contributed by atoms with E-state index >= 15 is 0 Å².